The lowest BCUT2D eigenvalue weighted by atomic mass is 10.1. The van der Waals surface area contributed by atoms with Crippen LogP contribution in [0.4, 0.5) is 5.82 Å². The molecule has 126 valence electrons. The molecule has 0 aliphatic heterocycles. The second-order valence-corrected chi connectivity index (χ2v) is 5.72. The summed E-state index contributed by atoms with van der Waals surface area (Å²) in [5.41, 5.74) is 7.19. The molecule has 0 aliphatic carbocycles. The van der Waals surface area contributed by atoms with E-state index in [9.17, 15) is 0 Å². The molecule has 0 aliphatic rings. The topological polar surface area (TPSA) is 76.0 Å². The van der Waals surface area contributed by atoms with E-state index in [1.807, 2.05) is 55.5 Å². The van der Waals surface area contributed by atoms with Crippen LogP contribution >= 0.6 is 0 Å². The van der Waals surface area contributed by atoms with Crippen LogP contribution in [0, 0.1) is 6.92 Å². The molecular weight excluding hydrogens is 324 g/mol. The van der Waals surface area contributed by atoms with Crippen molar-refractivity contribution in [1.29, 1.82) is 0 Å². The third-order valence-corrected chi connectivity index (χ3v) is 3.89. The van der Waals surface area contributed by atoms with Gasteiger partial charge >= 0.3 is 0 Å². The molecule has 26 heavy (non-hydrogen) atoms. The summed E-state index contributed by atoms with van der Waals surface area (Å²) in [6, 6.07) is 15.5. The van der Waals surface area contributed by atoms with Gasteiger partial charge in [0.2, 0.25) is 0 Å². The lowest BCUT2D eigenvalue weighted by Gasteiger charge is -2.09. The fourth-order valence-electron chi connectivity index (χ4n) is 2.65. The minimum absolute atomic E-state index is 0.579. The van der Waals surface area contributed by atoms with E-state index in [4.69, 9.17) is 4.98 Å². The van der Waals surface area contributed by atoms with E-state index in [-0.39, 0.29) is 0 Å². The fraction of sp³-hybridized carbons (Fsp3) is 0.0500. The largest absolute Gasteiger partial charge is 0.259 e. The SMILES string of the molecule is Cc1cccnc1-c1cc2cccnc2c(NN=Cc2ccccn2)n1. The van der Waals surface area contributed by atoms with Crippen molar-refractivity contribution in [2.45, 2.75) is 6.92 Å². The Morgan fingerprint density at radius 2 is 1.77 bits per heavy atom. The Hall–Kier alpha value is -3.67. The molecule has 0 bridgehead atoms. The molecule has 4 heterocycles. The summed E-state index contributed by atoms with van der Waals surface area (Å²) in [5, 5.41) is 5.23. The molecule has 0 amide bonds. The Morgan fingerprint density at radius 1 is 0.923 bits per heavy atom. The predicted molar refractivity (Wildman–Crippen MR) is 103 cm³/mol. The monoisotopic (exact) mass is 340 g/mol. The zero-order chi connectivity index (χ0) is 17.8. The minimum atomic E-state index is 0.579. The van der Waals surface area contributed by atoms with Crippen LogP contribution in [0.3, 0.4) is 0 Å². The Bertz CT molecular complexity index is 1080. The molecule has 0 radical (unpaired) electrons. The van der Waals surface area contributed by atoms with Gasteiger partial charge in [0.15, 0.2) is 5.82 Å². The zero-order valence-electron chi connectivity index (χ0n) is 14.2. The Balaban J connectivity index is 1.75. The third kappa shape index (κ3) is 3.25. The number of aromatic nitrogens is 4. The molecule has 6 heteroatoms. The quantitative estimate of drug-likeness (QED) is 0.451. The molecule has 6 nitrogen and oxygen atoms in total. The van der Waals surface area contributed by atoms with Crippen LogP contribution in [0.15, 0.2) is 72.2 Å². The van der Waals surface area contributed by atoms with Gasteiger partial charge in [-0.15, -0.1) is 0 Å². The Labute approximate surface area is 150 Å². The van der Waals surface area contributed by atoms with Gasteiger partial charge in [0.05, 0.1) is 23.3 Å². The number of nitrogens with one attached hydrogen (secondary N) is 1. The van der Waals surface area contributed by atoms with Crippen LogP contribution in [-0.2, 0) is 0 Å². The number of nitrogens with zero attached hydrogens (tertiary/aromatic N) is 5. The molecule has 0 atom stereocenters. The molecule has 0 aromatic carbocycles. The van der Waals surface area contributed by atoms with Gasteiger partial charge in [-0.05, 0) is 42.8 Å². The van der Waals surface area contributed by atoms with E-state index in [0.29, 0.717) is 5.82 Å². The van der Waals surface area contributed by atoms with Crippen LogP contribution in [0.1, 0.15) is 11.3 Å². The highest BCUT2D eigenvalue weighted by Gasteiger charge is 2.10. The lowest BCUT2D eigenvalue weighted by Crippen LogP contribution is -2.00. The summed E-state index contributed by atoms with van der Waals surface area (Å²) >= 11 is 0. The van der Waals surface area contributed by atoms with Crippen LogP contribution in [-0.4, -0.2) is 26.2 Å². The highest BCUT2D eigenvalue weighted by Crippen LogP contribution is 2.26. The van der Waals surface area contributed by atoms with Crippen LogP contribution in [0.25, 0.3) is 22.3 Å². The molecule has 4 rings (SSSR count). The van der Waals surface area contributed by atoms with E-state index < -0.39 is 0 Å². The number of hydrogen-bond acceptors (Lipinski definition) is 6. The first-order valence-electron chi connectivity index (χ1n) is 8.19. The number of pyridine rings is 4. The van der Waals surface area contributed by atoms with E-state index in [1.165, 1.54) is 0 Å². The average molecular weight is 340 g/mol. The summed E-state index contributed by atoms with van der Waals surface area (Å²) in [7, 11) is 0. The zero-order valence-corrected chi connectivity index (χ0v) is 14.2. The molecule has 4 aromatic rings. The van der Waals surface area contributed by atoms with Gasteiger partial charge in [0.1, 0.15) is 5.52 Å². The van der Waals surface area contributed by atoms with Crippen LogP contribution in [0.5, 0.6) is 0 Å². The van der Waals surface area contributed by atoms with E-state index in [1.54, 1.807) is 24.8 Å². The normalized spacial score (nSPS) is 11.1. The highest BCUT2D eigenvalue weighted by molar-refractivity contribution is 5.91. The average Bonchev–Trinajstić information content (AvgIpc) is 2.69. The first-order valence-corrected chi connectivity index (χ1v) is 8.19. The molecule has 1 N–H and O–H groups in total. The number of fused-ring (bicyclic) bond motifs is 1. The third-order valence-electron chi connectivity index (χ3n) is 3.89. The van der Waals surface area contributed by atoms with Crippen molar-refractivity contribution in [3.8, 4) is 11.4 Å². The Morgan fingerprint density at radius 3 is 2.62 bits per heavy atom. The highest BCUT2D eigenvalue weighted by atomic mass is 15.3. The van der Waals surface area contributed by atoms with Crippen LogP contribution in [0.2, 0.25) is 0 Å². The van der Waals surface area contributed by atoms with Crippen molar-refractivity contribution in [2.24, 2.45) is 5.10 Å². The predicted octanol–water partition coefficient (Wildman–Crippen LogP) is 3.84. The van der Waals surface area contributed by atoms with Crippen molar-refractivity contribution < 1.29 is 0 Å². The standard InChI is InChI=1S/C20H16N6/c1-14-6-4-10-22-18(14)17-12-15-7-5-11-23-19(15)20(25-17)26-24-13-16-8-2-3-9-21-16/h2-13H,1H3,(H,25,26). The summed E-state index contributed by atoms with van der Waals surface area (Å²) in [5.74, 6) is 0.579. The van der Waals surface area contributed by atoms with Crippen molar-refractivity contribution in [3.63, 3.8) is 0 Å². The molecular formula is C20H16N6. The van der Waals surface area contributed by atoms with Crippen molar-refractivity contribution in [2.75, 3.05) is 5.43 Å². The van der Waals surface area contributed by atoms with Gasteiger partial charge in [-0.3, -0.25) is 20.4 Å². The minimum Gasteiger partial charge on any atom is -0.259 e. The van der Waals surface area contributed by atoms with E-state index in [0.717, 1.165) is 33.5 Å². The molecule has 4 aromatic heterocycles. The first kappa shape index (κ1) is 15.8. The lowest BCUT2D eigenvalue weighted by molar-refractivity contribution is 1.19. The van der Waals surface area contributed by atoms with Crippen molar-refractivity contribution >= 4 is 22.9 Å². The number of hydrogen-bond donors (Lipinski definition) is 1. The molecule has 0 unspecified atom stereocenters. The molecule has 0 saturated carbocycles. The summed E-state index contributed by atoms with van der Waals surface area (Å²) in [6.07, 6.45) is 6.88. The maximum Gasteiger partial charge on any atom is 0.173 e. The number of rotatable bonds is 4. The summed E-state index contributed by atoms with van der Waals surface area (Å²) in [6.45, 7) is 2.02. The van der Waals surface area contributed by atoms with Gasteiger partial charge in [-0.1, -0.05) is 18.2 Å². The van der Waals surface area contributed by atoms with Gasteiger partial charge < -0.3 is 0 Å². The van der Waals surface area contributed by atoms with Gasteiger partial charge in [0.25, 0.3) is 0 Å². The van der Waals surface area contributed by atoms with Gasteiger partial charge in [-0.25, -0.2) is 4.98 Å². The van der Waals surface area contributed by atoms with Gasteiger partial charge in [-0.2, -0.15) is 5.10 Å². The van der Waals surface area contributed by atoms with E-state index in [2.05, 4.69) is 25.5 Å². The molecule has 0 spiro atoms. The van der Waals surface area contributed by atoms with Crippen LogP contribution < -0.4 is 5.43 Å². The second kappa shape index (κ2) is 7.06. The fourth-order valence-corrected chi connectivity index (χ4v) is 2.65. The molecule has 0 fully saturated rings. The van der Waals surface area contributed by atoms with E-state index >= 15 is 0 Å². The smallest absolute Gasteiger partial charge is 0.173 e. The maximum atomic E-state index is 4.69. The number of hydrazone groups is 1. The number of aryl methyl sites for hydroxylation is 1. The van der Waals surface area contributed by atoms with Gasteiger partial charge in [0, 0.05) is 24.0 Å². The first-order chi connectivity index (χ1) is 12.8. The maximum absolute atomic E-state index is 4.69. The summed E-state index contributed by atoms with van der Waals surface area (Å²) in [4.78, 5) is 17.8. The van der Waals surface area contributed by atoms with Crippen molar-refractivity contribution in [1.82, 2.24) is 19.9 Å². The Kier molecular flexibility index (Phi) is 4.30. The summed E-state index contributed by atoms with van der Waals surface area (Å²) < 4.78 is 0. The number of anilines is 1. The van der Waals surface area contributed by atoms with Crippen molar-refractivity contribution in [3.05, 3.63) is 78.4 Å². The second-order valence-electron chi connectivity index (χ2n) is 5.72. The molecule has 0 saturated heterocycles.